The predicted molar refractivity (Wildman–Crippen MR) is 113 cm³/mol. The zero-order chi connectivity index (χ0) is 21.0. The molecule has 4 aliphatic rings. The first-order valence-electron chi connectivity index (χ1n) is 10.4. The van der Waals surface area contributed by atoms with Crippen molar-refractivity contribution in [1.82, 2.24) is 0 Å². The van der Waals surface area contributed by atoms with E-state index in [9.17, 15) is 5.11 Å². The van der Waals surface area contributed by atoms with Gasteiger partial charge in [0.15, 0.2) is 11.6 Å². The standard InChI is InChI=1S/C11H16O3.C8H14O3.C3H3Br/c1-2-7-12-10-3-5-11(6-4-10)13-8-9-14-11;9-7-1-3-8(4-2-7)10-5-6-11-8;1-2-3-4/h1,10H,3-9H2;7,9H,1-6H2;1H,3H2. The molecule has 0 unspecified atom stereocenters. The van der Waals surface area contributed by atoms with Gasteiger partial charge < -0.3 is 28.8 Å². The molecule has 0 aromatic carbocycles. The second-order valence-corrected chi connectivity index (χ2v) is 8.06. The molecular weight excluding hydrogens is 440 g/mol. The fraction of sp³-hybridized carbons (Fsp3) is 0.818. The Hall–Kier alpha value is -0.640. The molecule has 0 bridgehead atoms. The summed E-state index contributed by atoms with van der Waals surface area (Å²) in [6, 6.07) is 0. The van der Waals surface area contributed by atoms with Crippen molar-refractivity contribution in [2.24, 2.45) is 0 Å². The lowest BCUT2D eigenvalue weighted by Crippen LogP contribution is -2.37. The monoisotopic (exact) mass is 472 g/mol. The van der Waals surface area contributed by atoms with Gasteiger partial charge in [-0.05, 0) is 25.7 Å². The maximum atomic E-state index is 9.24. The number of halogens is 1. The molecule has 0 radical (unpaired) electrons. The van der Waals surface area contributed by atoms with Gasteiger partial charge in [0.2, 0.25) is 0 Å². The quantitative estimate of drug-likeness (QED) is 0.492. The minimum atomic E-state index is -0.306. The highest BCUT2D eigenvalue weighted by atomic mass is 79.9. The molecule has 2 aliphatic heterocycles. The van der Waals surface area contributed by atoms with Crippen molar-refractivity contribution in [2.45, 2.75) is 75.1 Å². The van der Waals surface area contributed by atoms with Gasteiger partial charge in [0.05, 0.1) is 44.0 Å². The molecule has 1 N–H and O–H groups in total. The van der Waals surface area contributed by atoms with Gasteiger partial charge in [-0.15, -0.1) is 12.8 Å². The Kier molecular flexibility index (Phi) is 11.0. The van der Waals surface area contributed by atoms with E-state index in [0.29, 0.717) is 18.0 Å². The van der Waals surface area contributed by atoms with Crippen LogP contribution in [-0.2, 0) is 23.7 Å². The molecule has 6 nitrogen and oxygen atoms in total. The van der Waals surface area contributed by atoms with Gasteiger partial charge in [0.1, 0.15) is 6.61 Å². The number of terminal acetylenes is 2. The summed E-state index contributed by atoms with van der Waals surface area (Å²) >= 11 is 3.01. The molecule has 0 amide bonds. The largest absolute Gasteiger partial charge is 0.393 e. The van der Waals surface area contributed by atoms with Gasteiger partial charge >= 0.3 is 0 Å². The Morgan fingerprint density at radius 2 is 1.24 bits per heavy atom. The summed E-state index contributed by atoms with van der Waals surface area (Å²) in [6.45, 7) is 3.32. The van der Waals surface area contributed by atoms with Crippen LogP contribution in [0.15, 0.2) is 0 Å². The van der Waals surface area contributed by atoms with E-state index >= 15 is 0 Å². The number of aliphatic hydroxyl groups excluding tert-OH is 1. The summed E-state index contributed by atoms with van der Waals surface area (Å²) in [7, 11) is 0. The van der Waals surface area contributed by atoms with Gasteiger partial charge in [-0.1, -0.05) is 27.8 Å². The number of alkyl halides is 1. The molecule has 2 heterocycles. The third-order valence-electron chi connectivity index (χ3n) is 5.52. The van der Waals surface area contributed by atoms with Crippen molar-refractivity contribution < 1.29 is 28.8 Å². The summed E-state index contributed by atoms with van der Waals surface area (Å²) in [4.78, 5) is 0. The van der Waals surface area contributed by atoms with Crippen LogP contribution in [0.2, 0.25) is 0 Å². The van der Waals surface area contributed by atoms with E-state index in [4.69, 9.17) is 36.5 Å². The van der Waals surface area contributed by atoms with Gasteiger partial charge in [-0.2, -0.15) is 0 Å². The maximum Gasteiger partial charge on any atom is 0.168 e. The molecule has 0 atom stereocenters. The first-order chi connectivity index (χ1) is 14.1. The first-order valence-corrected chi connectivity index (χ1v) is 11.5. The van der Waals surface area contributed by atoms with E-state index in [0.717, 1.165) is 77.8 Å². The van der Waals surface area contributed by atoms with Crippen LogP contribution in [-0.4, -0.2) is 67.3 Å². The van der Waals surface area contributed by atoms with Gasteiger partial charge in [-0.25, -0.2) is 0 Å². The third kappa shape index (κ3) is 8.19. The van der Waals surface area contributed by atoms with Crippen molar-refractivity contribution in [3.63, 3.8) is 0 Å². The molecule has 2 saturated heterocycles. The van der Waals surface area contributed by atoms with Crippen LogP contribution in [0.5, 0.6) is 0 Å². The second kappa shape index (κ2) is 12.9. The molecule has 4 rings (SSSR count). The first kappa shape index (κ1) is 24.6. The van der Waals surface area contributed by atoms with Crippen molar-refractivity contribution in [2.75, 3.05) is 38.4 Å². The molecular formula is C22H33BrO6. The van der Waals surface area contributed by atoms with Crippen LogP contribution in [0, 0.1) is 24.7 Å². The minimum absolute atomic E-state index is 0.131. The molecule has 2 spiro atoms. The number of hydrogen-bond donors (Lipinski definition) is 1. The molecule has 4 fully saturated rings. The zero-order valence-corrected chi connectivity index (χ0v) is 18.7. The molecule has 164 valence electrons. The number of hydrogen-bond acceptors (Lipinski definition) is 6. The van der Waals surface area contributed by atoms with E-state index in [2.05, 4.69) is 27.8 Å². The predicted octanol–water partition coefficient (Wildman–Crippen LogP) is 3.00. The highest BCUT2D eigenvalue weighted by molar-refractivity contribution is 9.09. The Balaban J connectivity index is 0.000000179. The third-order valence-corrected chi connectivity index (χ3v) is 5.84. The summed E-state index contributed by atoms with van der Waals surface area (Å²) < 4.78 is 27.7. The average Bonchev–Trinajstić information content (AvgIpc) is 3.41. The van der Waals surface area contributed by atoms with Crippen LogP contribution in [0.4, 0.5) is 0 Å². The van der Waals surface area contributed by atoms with Crippen LogP contribution >= 0.6 is 15.9 Å². The van der Waals surface area contributed by atoms with Crippen molar-refractivity contribution in [1.29, 1.82) is 0 Å². The summed E-state index contributed by atoms with van der Waals surface area (Å²) in [5.41, 5.74) is 0. The molecule has 2 aliphatic carbocycles. The highest BCUT2D eigenvalue weighted by Crippen LogP contribution is 2.37. The van der Waals surface area contributed by atoms with E-state index < -0.39 is 0 Å². The minimum Gasteiger partial charge on any atom is -0.393 e. The fourth-order valence-corrected chi connectivity index (χ4v) is 3.98. The van der Waals surface area contributed by atoms with Crippen LogP contribution in [0.25, 0.3) is 0 Å². The smallest absolute Gasteiger partial charge is 0.168 e. The topological polar surface area (TPSA) is 66.4 Å². The van der Waals surface area contributed by atoms with Gasteiger partial charge in [0.25, 0.3) is 0 Å². The number of rotatable bonds is 2. The summed E-state index contributed by atoms with van der Waals surface area (Å²) in [5, 5.41) is 9.90. The molecule has 29 heavy (non-hydrogen) atoms. The lowest BCUT2D eigenvalue weighted by Gasteiger charge is -2.34. The Morgan fingerprint density at radius 3 is 1.62 bits per heavy atom. The summed E-state index contributed by atoms with van der Waals surface area (Å²) in [5.74, 6) is 4.25. The maximum absolute atomic E-state index is 9.24. The Bertz CT molecular complexity index is 522. The lowest BCUT2D eigenvalue weighted by atomic mass is 9.92. The molecule has 2 saturated carbocycles. The highest BCUT2D eigenvalue weighted by Gasteiger charge is 2.41. The van der Waals surface area contributed by atoms with Crippen molar-refractivity contribution in [3.8, 4) is 24.7 Å². The Morgan fingerprint density at radius 1 is 0.828 bits per heavy atom. The second-order valence-electron chi connectivity index (χ2n) is 7.50. The molecule has 0 aromatic heterocycles. The number of aliphatic hydroxyl groups is 1. The van der Waals surface area contributed by atoms with Crippen molar-refractivity contribution in [3.05, 3.63) is 0 Å². The van der Waals surface area contributed by atoms with E-state index in [1.807, 2.05) is 0 Å². The fourth-order valence-electron chi connectivity index (χ4n) is 3.98. The molecule has 0 aromatic rings. The average molecular weight is 473 g/mol. The summed E-state index contributed by atoms with van der Waals surface area (Å²) in [6.07, 6.45) is 17.2. The lowest BCUT2D eigenvalue weighted by molar-refractivity contribution is -0.190. The van der Waals surface area contributed by atoms with Crippen LogP contribution in [0.3, 0.4) is 0 Å². The SMILES string of the molecule is C#CCBr.C#CCOC1CCC2(CC1)OCCO2.OC1CCC2(CC1)OCCO2. The van der Waals surface area contributed by atoms with Gasteiger partial charge in [0, 0.05) is 25.7 Å². The Labute approximate surface area is 183 Å². The molecule has 7 heteroatoms. The van der Waals surface area contributed by atoms with Crippen LogP contribution in [0.1, 0.15) is 51.4 Å². The van der Waals surface area contributed by atoms with E-state index in [-0.39, 0.29) is 17.7 Å². The van der Waals surface area contributed by atoms with Gasteiger partial charge in [-0.3, -0.25) is 0 Å². The zero-order valence-electron chi connectivity index (χ0n) is 17.1. The number of ether oxygens (including phenoxy) is 5. The van der Waals surface area contributed by atoms with Crippen LogP contribution < -0.4 is 0 Å². The van der Waals surface area contributed by atoms with E-state index in [1.54, 1.807) is 0 Å². The van der Waals surface area contributed by atoms with E-state index in [1.165, 1.54) is 0 Å². The van der Waals surface area contributed by atoms with Crippen molar-refractivity contribution >= 4 is 15.9 Å². The normalized spacial score (nSPS) is 27.2.